The molecular formula is C20H26O10. The van der Waals surface area contributed by atoms with E-state index in [0.29, 0.717) is 5.39 Å². The summed E-state index contributed by atoms with van der Waals surface area (Å²) in [5, 5.41) is 61.0. The third-order valence-corrected chi connectivity index (χ3v) is 5.19. The highest BCUT2D eigenvalue weighted by molar-refractivity contribution is 5.82. The summed E-state index contributed by atoms with van der Waals surface area (Å²) >= 11 is 0. The van der Waals surface area contributed by atoms with Crippen molar-refractivity contribution in [2.45, 2.75) is 62.7 Å². The third kappa shape index (κ3) is 4.49. The Morgan fingerprint density at radius 3 is 2.40 bits per heavy atom. The first-order valence-corrected chi connectivity index (χ1v) is 9.46. The molecule has 0 radical (unpaired) electrons. The molecular weight excluding hydrogens is 400 g/mol. The zero-order chi connectivity index (χ0) is 22.2. The molecule has 2 aromatic rings. The van der Waals surface area contributed by atoms with Crippen LogP contribution in [0.25, 0.3) is 11.0 Å². The highest BCUT2D eigenvalue weighted by atomic mass is 16.7. The van der Waals surface area contributed by atoms with Gasteiger partial charge in [-0.05, 0) is 32.0 Å². The quantitative estimate of drug-likeness (QED) is 0.315. The lowest BCUT2D eigenvalue weighted by Gasteiger charge is -2.42. The van der Waals surface area contributed by atoms with E-state index in [0.717, 1.165) is 0 Å². The standard InChI is InChI=1S/C20H26O10/c1-20(2,27)13(29-19-17(26)16(25)15(24)12(8-21)28-19)7-10-11(22)5-3-9-4-6-14(23)30-18(9)10/h3-6,12-13,15-17,19,21-22,24-27H,7-8H2,1-2H3/t12-,13+,15-,16+,17-,19+/m1/s1. The molecule has 166 valence electrons. The molecule has 0 amide bonds. The van der Waals surface area contributed by atoms with Crippen LogP contribution in [0.4, 0.5) is 0 Å². The number of rotatable bonds is 6. The topological polar surface area (TPSA) is 170 Å². The van der Waals surface area contributed by atoms with Crippen LogP contribution in [0.2, 0.25) is 0 Å². The van der Waals surface area contributed by atoms with Crippen LogP contribution in [0.3, 0.4) is 0 Å². The monoisotopic (exact) mass is 426 g/mol. The molecule has 10 heteroatoms. The van der Waals surface area contributed by atoms with E-state index >= 15 is 0 Å². The van der Waals surface area contributed by atoms with Crippen LogP contribution in [0.15, 0.2) is 33.5 Å². The normalized spacial score (nSPS) is 28.6. The molecule has 6 N–H and O–H groups in total. The predicted molar refractivity (Wildman–Crippen MR) is 103 cm³/mol. The minimum atomic E-state index is -1.66. The van der Waals surface area contributed by atoms with Crippen molar-refractivity contribution in [2.24, 2.45) is 0 Å². The van der Waals surface area contributed by atoms with Crippen LogP contribution in [0.5, 0.6) is 5.75 Å². The fraction of sp³-hybridized carbons (Fsp3) is 0.550. The molecule has 1 aromatic carbocycles. The SMILES string of the molecule is CC(C)(O)[C@H](Cc1c(O)ccc2ccc(=O)oc12)O[C@@H]1O[C@H](CO)[C@@H](O)[C@H](O)[C@H]1O. The Hall–Kier alpha value is -2.05. The van der Waals surface area contributed by atoms with Crippen LogP contribution >= 0.6 is 0 Å². The second-order valence-electron chi connectivity index (χ2n) is 7.92. The summed E-state index contributed by atoms with van der Waals surface area (Å²) in [7, 11) is 0. The second kappa shape index (κ2) is 8.60. The number of aliphatic hydroxyl groups is 5. The Morgan fingerprint density at radius 2 is 1.77 bits per heavy atom. The minimum absolute atomic E-state index is 0.120. The summed E-state index contributed by atoms with van der Waals surface area (Å²) in [6, 6.07) is 5.74. The van der Waals surface area contributed by atoms with Crippen LogP contribution in [-0.2, 0) is 15.9 Å². The van der Waals surface area contributed by atoms with Crippen molar-refractivity contribution >= 4 is 11.0 Å². The van der Waals surface area contributed by atoms with E-state index in [1.807, 2.05) is 0 Å². The van der Waals surface area contributed by atoms with Gasteiger partial charge in [-0.25, -0.2) is 4.79 Å². The summed E-state index contributed by atoms with van der Waals surface area (Å²) < 4.78 is 16.3. The molecule has 30 heavy (non-hydrogen) atoms. The molecule has 0 bridgehead atoms. The fourth-order valence-corrected chi connectivity index (χ4v) is 3.37. The fourth-order valence-electron chi connectivity index (χ4n) is 3.37. The van der Waals surface area contributed by atoms with Gasteiger partial charge in [-0.1, -0.05) is 0 Å². The molecule has 1 aromatic heterocycles. The van der Waals surface area contributed by atoms with Crippen molar-refractivity contribution in [3.8, 4) is 5.75 Å². The lowest BCUT2D eigenvalue weighted by Crippen LogP contribution is -2.60. The van der Waals surface area contributed by atoms with E-state index in [4.69, 9.17) is 13.9 Å². The zero-order valence-corrected chi connectivity index (χ0v) is 16.5. The van der Waals surface area contributed by atoms with E-state index in [1.165, 1.54) is 32.0 Å². The van der Waals surface area contributed by atoms with E-state index in [2.05, 4.69) is 0 Å². The van der Waals surface area contributed by atoms with E-state index in [9.17, 15) is 35.4 Å². The van der Waals surface area contributed by atoms with Crippen LogP contribution in [0, 0.1) is 0 Å². The van der Waals surface area contributed by atoms with Crippen LogP contribution < -0.4 is 5.63 Å². The van der Waals surface area contributed by atoms with Gasteiger partial charge < -0.3 is 44.5 Å². The van der Waals surface area contributed by atoms with Gasteiger partial charge in [0.05, 0.1) is 18.3 Å². The summed E-state index contributed by atoms with van der Waals surface area (Å²) in [5.74, 6) is -0.191. The van der Waals surface area contributed by atoms with Crippen molar-refractivity contribution in [3.05, 3.63) is 40.2 Å². The van der Waals surface area contributed by atoms with Crippen LogP contribution in [0.1, 0.15) is 19.4 Å². The Bertz CT molecular complexity index is 931. The molecule has 6 atom stereocenters. The maximum absolute atomic E-state index is 11.7. The van der Waals surface area contributed by atoms with E-state index in [-0.39, 0.29) is 23.3 Å². The molecule has 3 rings (SSSR count). The number of aromatic hydroxyl groups is 1. The highest BCUT2D eigenvalue weighted by Gasteiger charge is 2.46. The van der Waals surface area contributed by atoms with Crippen molar-refractivity contribution < 1.29 is 44.5 Å². The van der Waals surface area contributed by atoms with Gasteiger partial charge in [0.1, 0.15) is 35.7 Å². The number of hydrogen-bond donors (Lipinski definition) is 6. The Morgan fingerprint density at radius 1 is 1.10 bits per heavy atom. The smallest absolute Gasteiger partial charge is 0.336 e. The lowest BCUT2D eigenvalue weighted by atomic mass is 9.93. The first-order chi connectivity index (χ1) is 14.0. The summed E-state index contributed by atoms with van der Waals surface area (Å²) in [6.45, 7) is 2.23. The number of aliphatic hydroxyl groups excluding tert-OH is 4. The molecule has 1 fully saturated rings. The van der Waals surface area contributed by atoms with Crippen molar-refractivity contribution in [1.82, 2.24) is 0 Å². The third-order valence-electron chi connectivity index (χ3n) is 5.19. The highest BCUT2D eigenvalue weighted by Crippen LogP contribution is 2.32. The summed E-state index contributed by atoms with van der Waals surface area (Å²) in [4.78, 5) is 11.7. The van der Waals surface area contributed by atoms with Gasteiger partial charge in [0.25, 0.3) is 0 Å². The molecule has 1 aliphatic rings. The van der Waals surface area contributed by atoms with Crippen LogP contribution in [-0.4, -0.2) is 79.7 Å². The molecule has 10 nitrogen and oxygen atoms in total. The Balaban J connectivity index is 1.94. The molecule has 1 saturated heterocycles. The van der Waals surface area contributed by atoms with Gasteiger partial charge in [0, 0.05) is 23.4 Å². The molecule has 2 heterocycles. The first kappa shape index (κ1) is 22.6. The molecule has 0 saturated carbocycles. The molecule has 0 aliphatic carbocycles. The number of phenolic OH excluding ortho intramolecular Hbond substituents is 1. The average molecular weight is 426 g/mol. The number of benzene rings is 1. The van der Waals surface area contributed by atoms with Gasteiger partial charge in [-0.3, -0.25) is 0 Å². The van der Waals surface area contributed by atoms with Crippen molar-refractivity contribution in [2.75, 3.05) is 6.61 Å². The Kier molecular flexibility index (Phi) is 6.48. The largest absolute Gasteiger partial charge is 0.508 e. The van der Waals surface area contributed by atoms with Gasteiger partial charge >= 0.3 is 5.63 Å². The van der Waals surface area contributed by atoms with Crippen molar-refractivity contribution in [3.63, 3.8) is 0 Å². The zero-order valence-electron chi connectivity index (χ0n) is 16.5. The maximum atomic E-state index is 11.7. The minimum Gasteiger partial charge on any atom is -0.508 e. The molecule has 0 unspecified atom stereocenters. The number of phenols is 1. The van der Waals surface area contributed by atoms with Gasteiger partial charge in [-0.15, -0.1) is 0 Å². The van der Waals surface area contributed by atoms with E-state index in [1.54, 1.807) is 6.07 Å². The van der Waals surface area contributed by atoms with Crippen molar-refractivity contribution in [1.29, 1.82) is 0 Å². The number of fused-ring (bicyclic) bond motifs is 1. The van der Waals surface area contributed by atoms with Gasteiger partial charge in [0.15, 0.2) is 6.29 Å². The van der Waals surface area contributed by atoms with E-state index < -0.39 is 54.6 Å². The second-order valence-corrected chi connectivity index (χ2v) is 7.92. The Labute approximate surface area is 171 Å². The summed E-state index contributed by atoms with van der Waals surface area (Å²) in [5.41, 5.74) is -1.83. The maximum Gasteiger partial charge on any atom is 0.336 e. The summed E-state index contributed by atoms with van der Waals surface area (Å²) in [6.07, 6.45) is -8.78. The number of hydrogen-bond acceptors (Lipinski definition) is 10. The first-order valence-electron chi connectivity index (χ1n) is 9.46. The average Bonchev–Trinajstić information content (AvgIpc) is 2.68. The number of ether oxygens (including phenoxy) is 2. The lowest BCUT2D eigenvalue weighted by molar-refractivity contribution is -0.321. The predicted octanol–water partition coefficient (Wildman–Crippen LogP) is -1.00. The van der Waals surface area contributed by atoms with Gasteiger partial charge in [-0.2, -0.15) is 0 Å². The van der Waals surface area contributed by atoms with Gasteiger partial charge in [0.2, 0.25) is 0 Å². The molecule has 1 aliphatic heterocycles. The molecule has 0 spiro atoms.